The summed E-state index contributed by atoms with van der Waals surface area (Å²) in [6.07, 6.45) is 0.999. The van der Waals surface area contributed by atoms with Gasteiger partial charge in [-0.2, -0.15) is 0 Å². The first kappa shape index (κ1) is 15.7. The molecule has 0 saturated carbocycles. The van der Waals surface area contributed by atoms with E-state index in [1.54, 1.807) is 18.4 Å². The molecule has 114 valence electrons. The van der Waals surface area contributed by atoms with E-state index in [2.05, 4.69) is 29.8 Å². The Morgan fingerprint density at radius 1 is 1.29 bits per heavy atom. The van der Waals surface area contributed by atoms with Crippen molar-refractivity contribution in [3.05, 3.63) is 40.6 Å². The van der Waals surface area contributed by atoms with Crippen LogP contribution >= 0.6 is 11.3 Å². The molecule has 0 aliphatic heterocycles. The highest BCUT2D eigenvalue weighted by Gasteiger charge is 2.12. The van der Waals surface area contributed by atoms with Crippen molar-refractivity contribution in [3.63, 3.8) is 0 Å². The smallest absolute Gasteiger partial charge is 0.163 e. The van der Waals surface area contributed by atoms with Gasteiger partial charge in [0.1, 0.15) is 6.61 Å². The molecule has 21 heavy (non-hydrogen) atoms. The molecule has 0 bridgehead atoms. The Balaban J connectivity index is 2.15. The van der Waals surface area contributed by atoms with Crippen LogP contribution in [0.4, 0.5) is 5.69 Å². The van der Waals surface area contributed by atoms with Crippen molar-refractivity contribution in [2.45, 2.75) is 19.4 Å². The van der Waals surface area contributed by atoms with Crippen LogP contribution in [-0.4, -0.2) is 25.4 Å². The minimum atomic E-state index is -0.0202. The average molecular weight is 307 g/mol. The average Bonchev–Trinajstić information content (AvgIpc) is 3.04. The molecule has 1 atom stereocenters. The summed E-state index contributed by atoms with van der Waals surface area (Å²) in [5.41, 5.74) is 0.976. The molecule has 0 amide bonds. The number of aliphatic hydroxyl groups is 1. The fourth-order valence-electron chi connectivity index (χ4n) is 2.10. The second kappa shape index (κ2) is 7.90. The number of thiophene rings is 1. The lowest BCUT2D eigenvalue weighted by Crippen LogP contribution is -2.09. The zero-order valence-electron chi connectivity index (χ0n) is 12.3. The Bertz CT molecular complexity index is 542. The number of anilines is 1. The van der Waals surface area contributed by atoms with Crippen LogP contribution in [0.2, 0.25) is 0 Å². The highest BCUT2D eigenvalue weighted by Crippen LogP contribution is 2.33. The van der Waals surface area contributed by atoms with Crippen molar-refractivity contribution >= 4 is 17.0 Å². The van der Waals surface area contributed by atoms with Crippen molar-refractivity contribution in [1.82, 2.24) is 0 Å². The van der Waals surface area contributed by atoms with Gasteiger partial charge in [0.05, 0.1) is 19.8 Å². The van der Waals surface area contributed by atoms with E-state index in [-0.39, 0.29) is 19.3 Å². The van der Waals surface area contributed by atoms with Gasteiger partial charge in [-0.3, -0.25) is 0 Å². The number of hydrogen-bond acceptors (Lipinski definition) is 5. The lowest BCUT2D eigenvalue weighted by atomic mass is 10.1. The number of benzene rings is 1. The molecule has 1 aromatic carbocycles. The van der Waals surface area contributed by atoms with Gasteiger partial charge in [-0.25, -0.2) is 0 Å². The summed E-state index contributed by atoms with van der Waals surface area (Å²) in [5, 5.41) is 14.5. The minimum Gasteiger partial charge on any atom is -0.493 e. The standard InChI is InChI=1S/C16H21NO3S/c1-3-13(16-5-4-10-21-16)17-12-6-7-14(19-2)15(11-12)20-9-8-18/h4-7,10-11,13,17-18H,3,8-9H2,1-2H3. The summed E-state index contributed by atoms with van der Waals surface area (Å²) in [6.45, 7) is 2.39. The number of rotatable bonds is 8. The summed E-state index contributed by atoms with van der Waals surface area (Å²) in [7, 11) is 1.61. The maximum absolute atomic E-state index is 8.89. The Kier molecular flexibility index (Phi) is 5.90. The molecule has 4 nitrogen and oxygen atoms in total. The van der Waals surface area contributed by atoms with E-state index >= 15 is 0 Å². The molecule has 0 fully saturated rings. The van der Waals surface area contributed by atoms with Gasteiger partial charge in [0.2, 0.25) is 0 Å². The second-order valence-electron chi connectivity index (χ2n) is 4.56. The molecule has 2 rings (SSSR count). The van der Waals surface area contributed by atoms with Crippen LogP contribution in [0.1, 0.15) is 24.3 Å². The normalized spacial score (nSPS) is 12.0. The highest BCUT2D eigenvalue weighted by molar-refractivity contribution is 7.10. The van der Waals surface area contributed by atoms with Gasteiger partial charge in [0, 0.05) is 16.6 Å². The predicted molar refractivity (Wildman–Crippen MR) is 86.5 cm³/mol. The van der Waals surface area contributed by atoms with Crippen LogP contribution in [0.3, 0.4) is 0 Å². The molecule has 1 heterocycles. The number of aliphatic hydroxyl groups excluding tert-OH is 1. The molecule has 0 saturated heterocycles. The fourth-order valence-corrected chi connectivity index (χ4v) is 2.96. The lowest BCUT2D eigenvalue weighted by molar-refractivity contribution is 0.196. The molecule has 5 heteroatoms. The topological polar surface area (TPSA) is 50.7 Å². The largest absolute Gasteiger partial charge is 0.493 e. The van der Waals surface area contributed by atoms with Crippen LogP contribution < -0.4 is 14.8 Å². The van der Waals surface area contributed by atoms with Crippen LogP contribution in [0.5, 0.6) is 11.5 Å². The van der Waals surface area contributed by atoms with Gasteiger partial charge in [-0.1, -0.05) is 13.0 Å². The molecule has 0 aliphatic carbocycles. The van der Waals surface area contributed by atoms with Gasteiger partial charge in [0.15, 0.2) is 11.5 Å². The van der Waals surface area contributed by atoms with E-state index < -0.39 is 0 Å². The van der Waals surface area contributed by atoms with E-state index in [9.17, 15) is 0 Å². The van der Waals surface area contributed by atoms with Gasteiger partial charge in [-0.15, -0.1) is 11.3 Å². The van der Waals surface area contributed by atoms with E-state index in [0.717, 1.165) is 12.1 Å². The van der Waals surface area contributed by atoms with E-state index in [4.69, 9.17) is 14.6 Å². The van der Waals surface area contributed by atoms with E-state index in [0.29, 0.717) is 11.5 Å². The molecule has 1 unspecified atom stereocenters. The lowest BCUT2D eigenvalue weighted by Gasteiger charge is -2.18. The van der Waals surface area contributed by atoms with E-state index in [1.165, 1.54) is 4.88 Å². The zero-order valence-corrected chi connectivity index (χ0v) is 13.2. The Labute approximate surface area is 129 Å². The number of ether oxygens (including phenoxy) is 2. The van der Waals surface area contributed by atoms with Crippen molar-refractivity contribution in [2.24, 2.45) is 0 Å². The van der Waals surface area contributed by atoms with Crippen LogP contribution in [0, 0.1) is 0 Å². The van der Waals surface area contributed by atoms with Crippen molar-refractivity contribution in [1.29, 1.82) is 0 Å². The van der Waals surface area contributed by atoms with Crippen molar-refractivity contribution in [3.8, 4) is 11.5 Å². The molecular weight excluding hydrogens is 286 g/mol. The quantitative estimate of drug-likeness (QED) is 0.781. The maximum Gasteiger partial charge on any atom is 0.163 e. The van der Waals surface area contributed by atoms with E-state index in [1.807, 2.05) is 18.2 Å². The third kappa shape index (κ3) is 4.12. The molecule has 0 aliphatic rings. The first-order valence-electron chi connectivity index (χ1n) is 7.00. The molecule has 0 radical (unpaired) electrons. The van der Waals surface area contributed by atoms with Gasteiger partial charge < -0.3 is 19.9 Å². The summed E-state index contributed by atoms with van der Waals surface area (Å²) in [6, 6.07) is 10.2. The van der Waals surface area contributed by atoms with Gasteiger partial charge in [0.25, 0.3) is 0 Å². The molecule has 2 N–H and O–H groups in total. The third-order valence-corrected chi connectivity index (χ3v) is 4.13. The molecule has 1 aromatic heterocycles. The summed E-state index contributed by atoms with van der Waals surface area (Å²) in [4.78, 5) is 1.31. The number of nitrogens with one attached hydrogen (secondary N) is 1. The fraction of sp³-hybridized carbons (Fsp3) is 0.375. The zero-order chi connectivity index (χ0) is 15.1. The highest BCUT2D eigenvalue weighted by atomic mass is 32.1. The second-order valence-corrected chi connectivity index (χ2v) is 5.54. The minimum absolute atomic E-state index is 0.0202. The Morgan fingerprint density at radius 3 is 2.76 bits per heavy atom. The van der Waals surface area contributed by atoms with Gasteiger partial charge >= 0.3 is 0 Å². The summed E-state index contributed by atoms with van der Waals surface area (Å²) in [5.74, 6) is 1.30. The first-order valence-corrected chi connectivity index (χ1v) is 7.88. The Hall–Kier alpha value is -1.72. The summed E-state index contributed by atoms with van der Waals surface area (Å²) < 4.78 is 10.8. The van der Waals surface area contributed by atoms with Crippen LogP contribution in [0.25, 0.3) is 0 Å². The number of hydrogen-bond donors (Lipinski definition) is 2. The van der Waals surface area contributed by atoms with Crippen LogP contribution in [-0.2, 0) is 0 Å². The van der Waals surface area contributed by atoms with Crippen molar-refractivity contribution in [2.75, 3.05) is 25.6 Å². The monoisotopic (exact) mass is 307 g/mol. The number of methoxy groups -OCH3 is 1. The molecular formula is C16H21NO3S. The maximum atomic E-state index is 8.89. The Morgan fingerprint density at radius 2 is 2.14 bits per heavy atom. The third-order valence-electron chi connectivity index (χ3n) is 3.15. The van der Waals surface area contributed by atoms with Gasteiger partial charge in [-0.05, 0) is 30.0 Å². The SMILES string of the molecule is CCC(Nc1ccc(OC)c(OCCO)c1)c1cccs1. The molecule has 0 spiro atoms. The van der Waals surface area contributed by atoms with Crippen molar-refractivity contribution < 1.29 is 14.6 Å². The first-order chi connectivity index (χ1) is 10.3. The summed E-state index contributed by atoms with van der Waals surface area (Å²) >= 11 is 1.75. The van der Waals surface area contributed by atoms with Crippen LogP contribution in [0.15, 0.2) is 35.7 Å². The molecule has 2 aromatic rings. The predicted octanol–water partition coefficient (Wildman–Crippen LogP) is 3.69.